The van der Waals surface area contributed by atoms with E-state index in [1.807, 2.05) is 30.3 Å². The molecule has 136 valence electrons. The normalized spacial score (nSPS) is 13.2. The van der Waals surface area contributed by atoms with E-state index in [0.29, 0.717) is 17.1 Å². The van der Waals surface area contributed by atoms with Gasteiger partial charge in [0.1, 0.15) is 17.1 Å². The number of thiophene rings is 1. The Morgan fingerprint density at radius 1 is 1.15 bits per heavy atom. The van der Waals surface area contributed by atoms with Crippen molar-refractivity contribution in [3.05, 3.63) is 59.0 Å². The van der Waals surface area contributed by atoms with E-state index in [4.69, 9.17) is 9.47 Å². The quantitative estimate of drug-likeness (QED) is 0.695. The van der Waals surface area contributed by atoms with Crippen molar-refractivity contribution in [3.63, 3.8) is 0 Å². The highest BCUT2D eigenvalue weighted by Crippen LogP contribution is 2.33. The Morgan fingerprint density at radius 2 is 1.92 bits per heavy atom. The van der Waals surface area contributed by atoms with Crippen LogP contribution in [0.3, 0.4) is 0 Å². The average Bonchev–Trinajstić information content (AvgIpc) is 3.11. The molecule has 1 atom stereocenters. The minimum atomic E-state index is -1.17. The van der Waals surface area contributed by atoms with E-state index in [1.165, 1.54) is 18.4 Å². The third-order valence-electron chi connectivity index (χ3n) is 4.20. The molecule has 1 heterocycles. The molecule has 0 saturated heterocycles. The summed E-state index contributed by atoms with van der Waals surface area (Å²) in [6.45, 7) is 1.79. The lowest BCUT2D eigenvalue weighted by atomic mass is 10.0. The van der Waals surface area contributed by atoms with Gasteiger partial charge in [-0.1, -0.05) is 18.2 Å². The molecule has 2 aromatic carbocycles. The van der Waals surface area contributed by atoms with Gasteiger partial charge in [0.2, 0.25) is 0 Å². The first-order valence-corrected chi connectivity index (χ1v) is 8.98. The van der Waals surface area contributed by atoms with Gasteiger partial charge in [-0.25, -0.2) is 0 Å². The van der Waals surface area contributed by atoms with Gasteiger partial charge >= 0.3 is 0 Å². The predicted octanol–water partition coefficient (Wildman–Crippen LogP) is 3.56. The summed E-state index contributed by atoms with van der Waals surface area (Å²) in [5.41, 5.74) is -0.778. The Morgan fingerprint density at radius 3 is 2.62 bits per heavy atom. The molecule has 26 heavy (non-hydrogen) atoms. The maximum Gasteiger partial charge on any atom is 0.255 e. The van der Waals surface area contributed by atoms with Crippen LogP contribution in [0.1, 0.15) is 22.2 Å². The SMILES string of the molecule is COc1ccc(C(=O)NCC(C)(O)c2cc3ccccc3s2)c(OC)c1. The van der Waals surface area contributed by atoms with Crippen LogP contribution in [0.25, 0.3) is 10.1 Å². The summed E-state index contributed by atoms with van der Waals surface area (Å²) in [5, 5.41) is 14.7. The Hall–Kier alpha value is -2.57. The summed E-state index contributed by atoms with van der Waals surface area (Å²) in [6.07, 6.45) is 0. The van der Waals surface area contributed by atoms with Crippen molar-refractivity contribution in [2.24, 2.45) is 0 Å². The second-order valence-electron chi connectivity index (χ2n) is 6.17. The van der Waals surface area contributed by atoms with Gasteiger partial charge < -0.3 is 19.9 Å². The number of hydrogen-bond donors (Lipinski definition) is 2. The lowest BCUT2D eigenvalue weighted by Gasteiger charge is -2.22. The van der Waals surface area contributed by atoms with Crippen molar-refractivity contribution in [2.75, 3.05) is 20.8 Å². The van der Waals surface area contributed by atoms with Crippen LogP contribution in [0.2, 0.25) is 0 Å². The van der Waals surface area contributed by atoms with E-state index in [1.54, 1.807) is 32.2 Å². The molecule has 2 N–H and O–H groups in total. The highest BCUT2D eigenvalue weighted by molar-refractivity contribution is 7.19. The third-order valence-corrected chi connectivity index (χ3v) is 5.57. The van der Waals surface area contributed by atoms with Crippen molar-refractivity contribution in [2.45, 2.75) is 12.5 Å². The maximum absolute atomic E-state index is 12.5. The van der Waals surface area contributed by atoms with Crippen molar-refractivity contribution < 1.29 is 19.4 Å². The molecule has 0 saturated carbocycles. The van der Waals surface area contributed by atoms with E-state index in [-0.39, 0.29) is 12.5 Å². The summed E-state index contributed by atoms with van der Waals surface area (Å²) in [6, 6.07) is 14.9. The van der Waals surface area contributed by atoms with Gasteiger partial charge in [0.05, 0.1) is 26.3 Å². The van der Waals surface area contributed by atoms with Crippen LogP contribution < -0.4 is 14.8 Å². The van der Waals surface area contributed by atoms with E-state index in [0.717, 1.165) is 15.0 Å². The van der Waals surface area contributed by atoms with E-state index in [2.05, 4.69) is 5.32 Å². The Labute approximate surface area is 156 Å². The minimum Gasteiger partial charge on any atom is -0.497 e. The van der Waals surface area contributed by atoms with Crippen LogP contribution >= 0.6 is 11.3 Å². The van der Waals surface area contributed by atoms with Crippen LogP contribution in [0.4, 0.5) is 0 Å². The summed E-state index contributed by atoms with van der Waals surface area (Å²) >= 11 is 1.52. The number of ether oxygens (including phenoxy) is 2. The lowest BCUT2D eigenvalue weighted by Crippen LogP contribution is -2.38. The molecular formula is C20H21NO4S. The smallest absolute Gasteiger partial charge is 0.255 e. The molecule has 1 unspecified atom stereocenters. The topological polar surface area (TPSA) is 67.8 Å². The molecule has 0 spiro atoms. The van der Waals surface area contributed by atoms with Gasteiger partial charge in [0, 0.05) is 15.6 Å². The standard InChI is InChI=1S/C20H21NO4S/c1-20(23,18-10-13-6-4-5-7-17(13)26-18)12-21-19(22)15-9-8-14(24-2)11-16(15)25-3/h4-11,23H,12H2,1-3H3,(H,21,22). The van der Waals surface area contributed by atoms with Crippen LogP contribution in [-0.2, 0) is 5.60 Å². The average molecular weight is 371 g/mol. The van der Waals surface area contributed by atoms with Crippen LogP contribution in [-0.4, -0.2) is 31.8 Å². The second-order valence-corrected chi connectivity index (χ2v) is 7.25. The third kappa shape index (κ3) is 3.66. The molecule has 3 rings (SSSR count). The molecule has 0 fully saturated rings. The highest BCUT2D eigenvalue weighted by Gasteiger charge is 2.27. The molecule has 0 aliphatic rings. The highest BCUT2D eigenvalue weighted by atomic mass is 32.1. The van der Waals surface area contributed by atoms with Crippen LogP contribution in [0.15, 0.2) is 48.5 Å². The molecule has 0 aliphatic heterocycles. The summed E-state index contributed by atoms with van der Waals surface area (Å²) < 4.78 is 11.5. The number of rotatable bonds is 6. The first kappa shape index (κ1) is 18.2. The maximum atomic E-state index is 12.5. The predicted molar refractivity (Wildman–Crippen MR) is 103 cm³/mol. The molecule has 5 nitrogen and oxygen atoms in total. The fourth-order valence-corrected chi connectivity index (χ4v) is 3.77. The van der Waals surface area contributed by atoms with Gasteiger partial charge in [-0.15, -0.1) is 11.3 Å². The largest absolute Gasteiger partial charge is 0.497 e. The number of aliphatic hydroxyl groups is 1. The van der Waals surface area contributed by atoms with Gasteiger partial charge in [-0.3, -0.25) is 4.79 Å². The summed E-state index contributed by atoms with van der Waals surface area (Å²) in [4.78, 5) is 13.3. The molecule has 1 amide bonds. The number of fused-ring (bicyclic) bond motifs is 1. The van der Waals surface area contributed by atoms with Gasteiger partial charge in [0.25, 0.3) is 5.91 Å². The zero-order chi connectivity index (χ0) is 18.7. The molecule has 0 bridgehead atoms. The van der Waals surface area contributed by atoms with Gasteiger partial charge in [0.15, 0.2) is 0 Å². The monoisotopic (exact) mass is 371 g/mol. The van der Waals surface area contributed by atoms with Gasteiger partial charge in [-0.05, 0) is 36.6 Å². The van der Waals surface area contributed by atoms with E-state index in [9.17, 15) is 9.90 Å². The molecule has 3 aromatic rings. The van der Waals surface area contributed by atoms with Crippen molar-refractivity contribution in [3.8, 4) is 11.5 Å². The zero-order valence-corrected chi connectivity index (χ0v) is 15.7. The van der Waals surface area contributed by atoms with Gasteiger partial charge in [-0.2, -0.15) is 0 Å². The van der Waals surface area contributed by atoms with Crippen LogP contribution in [0, 0.1) is 0 Å². The summed E-state index contributed by atoms with van der Waals surface area (Å²) in [7, 11) is 3.05. The Balaban J connectivity index is 1.75. The number of nitrogens with one attached hydrogen (secondary N) is 1. The number of methoxy groups -OCH3 is 2. The number of carbonyl (C=O) groups is 1. The molecule has 6 heteroatoms. The minimum absolute atomic E-state index is 0.0911. The number of amides is 1. The Kier molecular flexibility index (Phi) is 5.15. The number of hydrogen-bond acceptors (Lipinski definition) is 5. The van der Waals surface area contributed by atoms with Crippen molar-refractivity contribution >= 4 is 27.3 Å². The summed E-state index contributed by atoms with van der Waals surface area (Å²) in [5.74, 6) is 0.713. The first-order valence-electron chi connectivity index (χ1n) is 8.16. The van der Waals surface area contributed by atoms with E-state index < -0.39 is 5.60 Å². The van der Waals surface area contributed by atoms with Crippen molar-refractivity contribution in [1.29, 1.82) is 0 Å². The van der Waals surface area contributed by atoms with Crippen LogP contribution in [0.5, 0.6) is 11.5 Å². The molecule has 1 aromatic heterocycles. The fraction of sp³-hybridized carbons (Fsp3) is 0.250. The molecule has 0 aliphatic carbocycles. The first-order chi connectivity index (χ1) is 12.4. The molecular weight excluding hydrogens is 350 g/mol. The number of carbonyl (C=O) groups excluding carboxylic acids is 1. The fourth-order valence-electron chi connectivity index (χ4n) is 2.67. The van der Waals surface area contributed by atoms with E-state index >= 15 is 0 Å². The molecule has 0 radical (unpaired) electrons. The number of benzene rings is 2. The second kappa shape index (κ2) is 7.35. The lowest BCUT2D eigenvalue weighted by molar-refractivity contribution is 0.0556. The zero-order valence-electron chi connectivity index (χ0n) is 14.9. The van der Waals surface area contributed by atoms with Crippen molar-refractivity contribution in [1.82, 2.24) is 5.32 Å². The Bertz CT molecular complexity index is 899.